The highest BCUT2D eigenvalue weighted by molar-refractivity contribution is 5.93. The SMILES string of the molecule is C[C@@H](C(=O)O)c1ccc2c(c1)COC2=O. The molecule has 4 nitrogen and oxygen atoms in total. The first kappa shape index (κ1) is 9.71. The van der Waals surface area contributed by atoms with E-state index in [0.717, 1.165) is 5.56 Å². The average Bonchev–Trinajstić information content (AvgIpc) is 2.59. The van der Waals surface area contributed by atoms with E-state index in [1.165, 1.54) is 0 Å². The number of hydrogen-bond donors (Lipinski definition) is 1. The number of aliphatic carboxylic acids is 1. The van der Waals surface area contributed by atoms with Gasteiger partial charge in [-0.3, -0.25) is 4.79 Å². The maximum absolute atomic E-state index is 11.1. The van der Waals surface area contributed by atoms with Crippen molar-refractivity contribution >= 4 is 11.9 Å². The zero-order chi connectivity index (χ0) is 11.0. The van der Waals surface area contributed by atoms with Crippen LogP contribution in [-0.4, -0.2) is 17.0 Å². The van der Waals surface area contributed by atoms with Crippen LogP contribution in [0.15, 0.2) is 18.2 Å². The summed E-state index contributed by atoms with van der Waals surface area (Å²) in [4.78, 5) is 21.9. The molecule has 0 saturated carbocycles. The molecular formula is C11H10O4. The van der Waals surface area contributed by atoms with Gasteiger partial charge in [0.25, 0.3) is 0 Å². The Bertz CT molecular complexity index is 436. The summed E-state index contributed by atoms with van der Waals surface area (Å²) in [6.07, 6.45) is 0. The summed E-state index contributed by atoms with van der Waals surface area (Å²) in [6.45, 7) is 1.86. The van der Waals surface area contributed by atoms with Gasteiger partial charge in [0.15, 0.2) is 0 Å². The van der Waals surface area contributed by atoms with Gasteiger partial charge in [0.2, 0.25) is 0 Å². The number of esters is 1. The second kappa shape index (κ2) is 3.38. The van der Waals surface area contributed by atoms with Gasteiger partial charge in [0.1, 0.15) is 6.61 Å². The van der Waals surface area contributed by atoms with Crippen LogP contribution in [0, 0.1) is 0 Å². The quantitative estimate of drug-likeness (QED) is 0.745. The van der Waals surface area contributed by atoms with Gasteiger partial charge in [0, 0.05) is 5.56 Å². The normalized spacial score (nSPS) is 15.7. The molecule has 1 aliphatic heterocycles. The largest absolute Gasteiger partial charge is 0.481 e. The monoisotopic (exact) mass is 206 g/mol. The third-order valence-electron chi connectivity index (χ3n) is 2.58. The minimum atomic E-state index is -0.875. The Morgan fingerprint density at radius 3 is 2.93 bits per heavy atom. The fraction of sp³-hybridized carbons (Fsp3) is 0.273. The van der Waals surface area contributed by atoms with Crippen molar-refractivity contribution in [2.75, 3.05) is 0 Å². The first-order valence-corrected chi connectivity index (χ1v) is 4.62. The molecule has 4 heteroatoms. The molecule has 1 aromatic rings. The van der Waals surface area contributed by atoms with Crippen molar-refractivity contribution in [2.45, 2.75) is 19.4 Å². The standard InChI is InChI=1S/C11H10O4/c1-6(10(12)13)7-2-3-9-8(4-7)5-15-11(9)14/h2-4,6H,5H2,1H3,(H,12,13)/t6-/m1/s1. The fourth-order valence-electron chi connectivity index (χ4n) is 1.57. The van der Waals surface area contributed by atoms with E-state index in [0.29, 0.717) is 11.1 Å². The van der Waals surface area contributed by atoms with Gasteiger partial charge in [-0.15, -0.1) is 0 Å². The van der Waals surface area contributed by atoms with Crippen molar-refractivity contribution in [3.05, 3.63) is 34.9 Å². The average molecular weight is 206 g/mol. The van der Waals surface area contributed by atoms with Crippen LogP contribution in [0.3, 0.4) is 0 Å². The highest BCUT2D eigenvalue weighted by atomic mass is 16.5. The minimum Gasteiger partial charge on any atom is -0.481 e. The number of carbonyl (C=O) groups is 2. The van der Waals surface area contributed by atoms with Gasteiger partial charge in [-0.1, -0.05) is 12.1 Å². The van der Waals surface area contributed by atoms with Crippen LogP contribution in [0.1, 0.15) is 34.3 Å². The molecule has 1 aliphatic rings. The molecule has 2 rings (SSSR count). The molecule has 15 heavy (non-hydrogen) atoms. The smallest absolute Gasteiger partial charge is 0.338 e. The summed E-state index contributed by atoms with van der Waals surface area (Å²) >= 11 is 0. The predicted molar refractivity (Wildman–Crippen MR) is 51.6 cm³/mol. The fourth-order valence-corrected chi connectivity index (χ4v) is 1.57. The Kier molecular flexibility index (Phi) is 2.19. The molecule has 0 fully saturated rings. The van der Waals surface area contributed by atoms with E-state index in [1.807, 2.05) is 0 Å². The highest BCUT2D eigenvalue weighted by Crippen LogP contribution is 2.24. The van der Waals surface area contributed by atoms with Crippen molar-refractivity contribution in [1.82, 2.24) is 0 Å². The summed E-state index contributed by atoms with van der Waals surface area (Å²) in [6, 6.07) is 5.00. The van der Waals surface area contributed by atoms with Crippen molar-refractivity contribution in [3.63, 3.8) is 0 Å². The molecular weight excluding hydrogens is 196 g/mol. The number of fused-ring (bicyclic) bond motifs is 1. The molecule has 0 aromatic heterocycles. The lowest BCUT2D eigenvalue weighted by Crippen LogP contribution is -2.07. The van der Waals surface area contributed by atoms with Crippen molar-refractivity contribution in [1.29, 1.82) is 0 Å². The number of carboxylic acids is 1. The van der Waals surface area contributed by atoms with Crippen LogP contribution in [0.25, 0.3) is 0 Å². The Morgan fingerprint density at radius 1 is 1.53 bits per heavy atom. The first-order valence-electron chi connectivity index (χ1n) is 4.62. The highest BCUT2D eigenvalue weighted by Gasteiger charge is 2.23. The van der Waals surface area contributed by atoms with E-state index in [-0.39, 0.29) is 12.6 Å². The Labute approximate surface area is 86.5 Å². The van der Waals surface area contributed by atoms with Gasteiger partial charge >= 0.3 is 11.9 Å². The van der Waals surface area contributed by atoms with Crippen LogP contribution < -0.4 is 0 Å². The molecule has 1 N–H and O–H groups in total. The first-order chi connectivity index (χ1) is 7.09. The Morgan fingerprint density at radius 2 is 2.27 bits per heavy atom. The third-order valence-corrected chi connectivity index (χ3v) is 2.58. The van der Waals surface area contributed by atoms with E-state index in [2.05, 4.69) is 0 Å². The number of cyclic esters (lactones) is 1. The lowest BCUT2D eigenvalue weighted by molar-refractivity contribution is -0.138. The molecule has 0 amide bonds. The molecule has 78 valence electrons. The molecule has 0 spiro atoms. The number of hydrogen-bond acceptors (Lipinski definition) is 3. The number of carbonyl (C=O) groups excluding carboxylic acids is 1. The lowest BCUT2D eigenvalue weighted by atomic mass is 9.97. The van der Waals surface area contributed by atoms with E-state index in [1.54, 1.807) is 25.1 Å². The van der Waals surface area contributed by atoms with Crippen molar-refractivity contribution in [2.24, 2.45) is 0 Å². The summed E-state index contributed by atoms with van der Waals surface area (Å²) in [5.41, 5.74) is 2.00. The van der Waals surface area contributed by atoms with E-state index >= 15 is 0 Å². The Hall–Kier alpha value is -1.84. The molecule has 1 heterocycles. The van der Waals surface area contributed by atoms with E-state index in [4.69, 9.17) is 9.84 Å². The summed E-state index contributed by atoms with van der Waals surface area (Å²) in [5, 5.41) is 8.84. The molecule has 1 atom stereocenters. The van der Waals surface area contributed by atoms with Gasteiger partial charge in [-0.25, -0.2) is 4.79 Å². The maximum atomic E-state index is 11.1. The zero-order valence-electron chi connectivity index (χ0n) is 8.19. The van der Waals surface area contributed by atoms with Gasteiger partial charge in [-0.2, -0.15) is 0 Å². The maximum Gasteiger partial charge on any atom is 0.338 e. The molecule has 0 bridgehead atoms. The number of benzene rings is 1. The van der Waals surface area contributed by atoms with Crippen LogP contribution >= 0.6 is 0 Å². The lowest BCUT2D eigenvalue weighted by Gasteiger charge is -2.06. The van der Waals surface area contributed by atoms with E-state index < -0.39 is 11.9 Å². The van der Waals surface area contributed by atoms with Gasteiger partial charge in [-0.05, 0) is 18.6 Å². The van der Waals surface area contributed by atoms with Crippen LogP contribution in [0.2, 0.25) is 0 Å². The molecule has 0 aliphatic carbocycles. The van der Waals surface area contributed by atoms with Gasteiger partial charge in [0.05, 0.1) is 11.5 Å². The second-order valence-electron chi connectivity index (χ2n) is 3.55. The second-order valence-corrected chi connectivity index (χ2v) is 3.55. The number of carboxylic acid groups (broad SMARTS) is 1. The van der Waals surface area contributed by atoms with Gasteiger partial charge < -0.3 is 9.84 Å². The molecule has 1 aromatic carbocycles. The third kappa shape index (κ3) is 1.58. The molecule has 0 unspecified atom stereocenters. The number of ether oxygens (including phenoxy) is 1. The zero-order valence-corrected chi connectivity index (χ0v) is 8.19. The van der Waals surface area contributed by atoms with Crippen molar-refractivity contribution < 1.29 is 19.4 Å². The minimum absolute atomic E-state index is 0.244. The topological polar surface area (TPSA) is 63.6 Å². The summed E-state index contributed by atoms with van der Waals surface area (Å²) in [7, 11) is 0. The Balaban J connectivity index is 2.39. The van der Waals surface area contributed by atoms with Crippen LogP contribution in [0.4, 0.5) is 0 Å². The van der Waals surface area contributed by atoms with Crippen LogP contribution in [-0.2, 0) is 16.1 Å². The van der Waals surface area contributed by atoms with E-state index in [9.17, 15) is 9.59 Å². The summed E-state index contributed by atoms with van der Waals surface area (Å²) in [5.74, 6) is -1.77. The molecule has 0 saturated heterocycles. The predicted octanol–water partition coefficient (Wildman–Crippen LogP) is 1.55. The summed E-state index contributed by atoms with van der Waals surface area (Å²) < 4.78 is 4.83. The van der Waals surface area contributed by atoms with Crippen LogP contribution in [0.5, 0.6) is 0 Å². The van der Waals surface area contributed by atoms with Crippen molar-refractivity contribution in [3.8, 4) is 0 Å². The molecule has 0 radical (unpaired) electrons. The number of rotatable bonds is 2.